The molecule has 6 nitrogen and oxygen atoms in total. The normalized spacial score (nSPS) is 19.1. The van der Waals surface area contributed by atoms with Gasteiger partial charge >= 0.3 is 5.97 Å². The first-order valence-electron chi connectivity index (χ1n) is 8.89. The molecule has 1 heterocycles. The predicted octanol–water partition coefficient (Wildman–Crippen LogP) is 2.65. The highest BCUT2D eigenvalue weighted by atomic mass is 16.5. The Balaban J connectivity index is 1.81. The highest BCUT2D eigenvalue weighted by molar-refractivity contribution is 5.97. The Morgan fingerprint density at radius 1 is 1.04 bits per heavy atom. The molecule has 0 bridgehead atoms. The van der Waals surface area contributed by atoms with Crippen LogP contribution in [0.1, 0.15) is 21.8 Å². The summed E-state index contributed by atoms with van der Waals surface area (Å²) in [7, 11) is 1.58. The number of nitrogens with zero attached hydrogens (tertiary/aromatic N) is 1. The number of rotatable bonds is 7. The molecule has 0 aromatic heterocycles. The summed E-state index contributed by atoms with van der Waals surface area (Å²) in [6, 6.07) is 16.5. The molecule has 0 spiro atoms. The van der Waals surface area contributed by atoms with Crippen LogP contribution in [0.4, 0.5) is 0 Å². The molecule has 0 radical (unpaired) electrons. The number of para-hydroxylation sites is 1. The zero-order valence-corrected chi connectivity index (χ0v) is 15.2. The summed E-state index contributed by atoms with van der Waals surface area (Å²) >= 11 is 0. The van der Waals surface area contributed by atoms with Crippen molar-refractivity contribution in [2.75, 3.05) is 33.4 Å². The lowest BCUT2D eigenvalue weighted by molar-refractivity contribution is -0.141. The minimum atomic E-state index is -0.885. The molecule has 1 fully saturated rings. The van der Waals surface area contributed by atoms with E-state index in [1.807, 2.05) is 30.3 Å². The highest BCUT2D eigenvalue weighted by Crippen LogP contribution is 2.34. The summed E-state index contributed by atoms with van der Waals surface area (Å²) in [4.78, 5) is 26.4. The molecule has 2 atom stereocenters. The first-order chi connectivity index (χ1) is 13.1. The Labute approximate surface area is 158 Å². The van der Waals surface area contributed by atoms with Crippen LogP contribution in [0.2, 0.25) is 0 Å². The Morgan fingerprint density at radius 2 is 1.74 bits per heavy atom. The number of carbonyl (C=O) groups is 2. The van der Waals surface area contributed by atoms with Gasteiger partial charge in [0.1, 0.15) is 12.4 Å². The maximum absolute atomic E-state index is 13.1. The van der Waals surface area contributed by atoms with Gasteiger partial charge in [-0.2, -0.15) is 0 Å². The number of hydrogen-bond donors (Lipinski definition) is 1. The van der Waals surface area contributed by atoms with Crippen molar-refractivity contribution in [1.82, 2.24) is 4.90 Å². The van der Waals surface area contributed by atoms with Crippen molar-refractivity contribution in [2.45, 2.75) is 5.92 Å². The SMILES string of the molecule is COCCOc1ccccc1C(=O)N1CC(C(=O)O)C(c2ccccc2)C1. The minimum Gasteiger partial charge on any atom is -0.490 e. The second-order valence-corrected chi connectivity index (χ2v) is 6.51. The third-order valence-corrected chi connectivity index (χ3v) is 4.81. The summed E-state index contributed by atoms with van der Waals surface area (Å²) < 4.78 is 10.6. The lowest BCUT2D eigenvalue weighted by atomic mass is 9.89. The van der Waals surface area contributed by atoms with E-state index in [1.54, 1.807) is 36.3 Å². The Hall–Kier alpha value is -2.86. The van der Waals surface area contributed by atoms with Crippen molar-refractivity contribution in [3.63, 3.8) is 0 Å². The maximum Gasteiger partial charge on any atom is 0.308 e. The van der Waals surface area contributed by atoms with Crippen molar-refractivity contribution in [1.29, 1.82) is 0 Å². The Kier molecular flexibility index (Phi) is 6.08. The summed E-state index contributed by atoms with van der Waals surface area (Å²) in [6.45, 7) is 1.31. The van der Waals surface area contributed by atoms with E-state index in [0.29, 0.717) is 31.1 Å². The van der Waals surface area contributed by atoms with Gasteiger partial charge in [-0.3, -0.25) is 9.59 Å². The second-order valence-electron chi connectivity index (χ2n) is 6.51. The Bertz CT molecular complexity index is 792. The molecule has 1 aliphatic rings. The van der Waals surface area contributed by atoms with Crippen LogP contribution in [-0.4, -0.2) is 55.3 Å². The lowest BCUT2D eigenvalue weighted by Gasteiger charge is -2.18. The number of methoxy groups -OCH3 is 1. The maximum atomic E-state index is 13.1. The number of likely N-dealkylation sites (tertiary alicyclic amines) is 1. The van der Waals surface area contributed by atoms with Gasteiger partial charge in [-0.15, -0.1) is 0 Å². The molecule has 1 N–H and O–H groups in total. The third-order valence-electron chi connectivity index (χ3n) is 4.81. The van der Waals surface area contributed by atoms with Crippen molar-refractivity contribution in [3.8, 4) is 5.75 Å². The smallest absolute Gasteiger partial charge is 0.308 e. The van der Waals surface area contributed by atoms with E-state index in [9.17, 15) is 14.7 Å². The molecule has 1 aliphatic heterocycles. The topological polar surface area (TPSA) is 76.1 Å². The molecule has 6 heteroatoms. The standard InChI is InChI=1S/C21H23NO5/c1-26-11-12-27-19-10-6-5-9-16(19)20(23)22-13-17(18(14-22)21(24)25)15-7-3-2-4-8-15/h2-10,17-18H,11-14H2,1H3,(H,24,25). The fourth-order valence-corrected chi connectivity index (χ4v) is 3.43. The van der Waals surface area contributed by atoms with Gasteiger partial charge in [0.2, 0.25) is 0 Å². The van der Waals surface area contributed by atoms with Gasteiger partial charge in [0.05, 0.1) is 18.1 Å². The van der Waals surface area contributed by atoms with E-state index in [1.165, 1.54) is 0 Å². The molecule has 142 valence electrons. The van der Waals surface area contributed by atoms with Crippen molar-refractivity contribution in [2.24, 2.45) is 5.92 Å². The fraction of sp³-hybridized carbons (Fsp3) is 0.333. The van der Waals surface area contributed by atoms with Crippen LogP contribution in [0.15, 0.2) is 54.6 Å². The van der Waals surface area contributed by atoms with Gasteiger partial charge in [0.15, 0.2) is 0 Å². The first-order valence-corrected chi connectivity index (χ1v) is 8.89. The zero-order chi connectivity index (χ0) is 19.2. The van der Waals surface area contributed by atoms with E-state index in [2.05, 4.69) is 0 Å². The molecular weight excluding hydrogens is 346 g/mol. The largest absolute Gasteiger partial charge is 0.490 e. The molecule has 27 heavy (non-hydrogen) atoms. The molecule has 1 saturated heterocycles. The average molecular weight is 369 g/mol. The molecular formula is C21H23NO5. The number of benzene rings is 2. The van der Waals surface area contributed by atoms with Crippen LogP contribution in [-0.2, 0) is 9.53 Å². The number of carboxylic acid groups (broad SMARTS) is 1. The number of carboxylic acids is 1. The molecule has 3 rings (SSSR count). The van der Waals surface area contributed by atoms with Crippen LogP contribution in [0, 0.1) is 5.92 Å². The lowest BCUT2D eigenvalue weighted by Crippen LogP contribution is -2.30. The van der Waals surface area contributed by atoms with Gasteiger partial charge in [-0.25, -0.2) is 0 Å². The van der Waals surface area contributed by atoms with Crippen molar-refractivity contribution < 1.29 is 24.2 Å². The highest BCUT2D eigenvalue weighted by Gasteiger charge is 2.41. The van der Waals surface area contributed by atoms with E-state index in [-0.39, 0.29) is 18.4 Å². The van der Waals surface area contributed by atoms with E-state index >= 15 is 0 Å². The Morgan fingerprint density at radius 3 is 2.44 bits per heavy atom. The van der Waals surface area contributed by atoms with Crippen molar-refractivity contribution in [3.05, 3.63) is 65.7 Å². The van der Waals surface area contributed by atoms with Gasteiger partial charge in [-0.05, 0) is 17.7 Å². The van der Waals surface area contributed by atoms with Crippen LogP contribution < -0.4 is 4.74 Å². The van der Waals surface area contributed by atoms with Crippen LogP contribution in [0.5, 0.6) is 5.75 Å². The second kappa shape index (κ2) is 8.68. The summed E-state index contributed by atoms with van der Waals surface area (Å²) in [5, 5.41) is 9.64. The molecule has 2 unspecified atom stereocenters. The monoisotopic (exact) mass is 369 g/mol. The van der Waals surface area contributed by atoms with Crippen molar-refractivity contribution >= 4 is 11.9 Å². The van der Waals surface area contributed by atoms with E-state index < -0.39 is 11.9 Å². The van der Waals surface area contributed by atoms with Crippen LogP contribution in [0.25, 0.3) is 0 Å². The number of amides is 1. The molecule has 2 aromatic rings. The predicted molar refractivity (Wildman–Crippen MR) is 100 cm³/mol. The molecule has 1 amide bonds. The molecule has 2 aromatic carbocycles. The average Bonchev–Trinajstić information content (AvgIpc) is 3.14. The first kappa shape index (κ1) is 18.9. The number of aliphatic carboxylic acids is 1. The minimum absolute atomic E-state index is 0.181. The zero-order valence-electron chi connectivity index (χ0n) is 15.2. The van der Waals surface area contributed by atoms with Gasteiger partial charge in [0.25, 0.3) is 5.91 Å². The van der Waals surface area contributed by atoms with E-state index in [4.69, 9.17) is 9.47 Å². The van der Waals surface area contributed by atoms with Gasteiger partial charge < -0.3 is 19.5 Å². The van der Waals surface area contributed by atoms with Crippen LogP contribution in [0.3, 0.4) is 0 Å². The fourth-order valence-electron chi connectivity index (χ4n) is 3.43. The summed E-state index contributed by atoms with van der Waals surface area (Å²) in [5.41, 5.74) is 1.37. The van der Waals surface area contributed by atoms with Gasteiger partial charge in [-0.1, -0.05) is 42.5 Å². The molecule has 0 aliphatic carbocycles. The summed E-state index contributed by atoms with van der Waals surface area (Å²) in [6.07, 6.45) is 0. The quantitative estimate of drug-likeness (QED) is 0.760. The van der Waals surface area contributed by atoms with Crippen LogP contribution >= 0.6 is 0 Å². The number of ether oxygens (including phenoxy) is 2. The van der Waals surface area contributed by atoms with Gasteiger partial charge in [0, 0.05) is 26.1 Å². The summed E-state index contributed by atoms with van der Waals surface area (Å²) in [5.74, 6) is -1.47. The molecule has 0 saturated carbocycles. The number of hydrogen-bond acceptors (Lipinski definition) is 4. The third kappa shape index (κ3) is 4.28. The number of carbonyl (C=O) groups excluding carboxylic acids is 1. The van der Waals surface area contributed by atoms with E-state index in [0.717, 1.165) is 5.56 Å².